The fourth-order valence-electron chi connectivity index (χ4n) is 2.71. The van der Waals surface area contributed by atoms with Crippen molar-refractivity contribution in [2.45, 2.75) is 13.8 Å². The highest BCUT2D eigenvalue weighted by Gasteiger charge is 2.33. The first-order chi connectivity index (χ1) is 12.4. The predicted octanol–water partition coefficient (Wildman–Crippen LogP) is 4.01. The Morgan fingerprint density at radius 2 is 2.12 bits per heavy atom. The molecule has 1 aliphatic rings. The van der Waals surface area contributed by atoms with Crippen molar-refractivity contribution < 1.29 is 14.6 Å². The van der Waals surface area contributed by atoms with E-state index in [1.54, 1.807) is 42.5 Å². The van der Waals surface area contributed by atoms with Gasteiger partial charge in [0, 0.05) is 10.6 Å². The van der Waals surface area contributed by atoms with E-state index in [0.717, 1.165) is 5.56 Å². The van der Waals surface area contributed by atoms with Crippen LogP contribution in [-0.4, -0.2) is 22.7 Å². The van der Waals surface area contributed by atoms with Gasteiger partial charge in [-0.25, -0.2) is 0 Å². The van der Waals surface area contributed by atoms with Crippen molar-refractivity contribution >= 4 is 46.6 Å². The van der Waals surface area contributed by atoms with Crippen molar-refractivity contribution in [2.24, 2.45) is 0 Å². The molecule has 3 rings (SSSR count). The minimum atomic E-state index is -0.304. The van der Waals surface area contributed by atoms with Crippen LogP contribution in [0.5, 0.6) is 11.5 Å². The second-order valence-electron chi connectivity index (χ2n) is 5.69. The standard InChI is InChI=1S/C19H17ClN2O3S/c1-3-25-16-6-4-5-12(17(16)23)10-14-18(24)22(19(26)21-14)15-8-7-13(20)9-11(15)2/h4-10,23H,3H2,1-2H3,(H,21,26). The fraction of sp³-hybridized carbons (Fsp3) is 0.158. The molecule has 134 valence electrons. The van der Waals surface area contributed by atoms with Crippen LogP contribution in [0.1, 0.15) is 18.1 Å². The van der Waals surface area contributed by atoms with Gasteiger partial charge in [-0.2, -0.15) is 0 Å². The number of phenols is 1. The van der Waals surface area contributed by atoms with Crippen LogP contribution in [-0.2, 0) is 4.79 Å². The average Bonchev–Trinajstić information content (AvgIpc) is 2.86. The van der Waals surface area contributed by atoms with E-state index in [1.807, 2.05) is 13.8 Å². The molecule has 1 heterocycles. The molecule has 1 amide bonds. The van der Waals surface area contributed by atoms with E-state index in [9.17, 15) is 9.90 Å². The molecule has 2 N–H and O–H groups in total. The molecule has 2 aromatic carbocycles. The SMILES string of the molecule is CCOc1cccc(C=C2NC(=S)N(c3ccc(Cl)cc3C)C2=O)c1O. The van der Waals surface area contributed by atoms with Gasteiger partial charge in [0.1, 0.15) is 5.70 Å². The number of benzene rings is 2. The van der Waals surface area contributed by atoms with Gasteiger partial charge in [-0.3, -0.25) is 9.69 Å². The van der Waals surface area contributed by atoms with Crippen molar-refractivity contribution in [2.75, 3.05) is 11.5 Å². The summed E-state index contributed by atoms with van der Waals surface area (Å²) >= 11 is 11.3. The zero-order valence-corrected chi connectivity index (χ0v) is 15.8. The molecule has 0 saturated carbocycles. The molecule has 1 saturated heterocycles. The third-order valence-corrected chi connectivity index (χ3v) is 4.43. The molecule has 1 fully saturated rings. The number of aromatic hydroxyl groups is 1. The summed E-state index contributed by atoms with van der Waals surface area (Å²) in [4.78, 5) is 14.3. The Balaban J connectivity index is 1.97. The highest BCUT2D eigenvalue weighted by atomic mass is 35.5. The maximum atomic E-state index is 12.8. The van der Waals surface area contributed by atoms with E-state index < -0.39 is 0 Å². The van der Waals surface area contributed by atoms with E-state index >= 15 is 0 Å². The van der Waals surface area contributed by atoms with Crippen LogP contribution < -0.4 is 15.0 Å². The van der Waals surface area contributed by atoms with Gasteiger partial charge in [0.05, 0.1) is 12.3 Å². The molecule has 26 heavy (non-hydrogen) atoms. The number of para-hydroxylation sites is 1. The maximum absolute atomic E-state index is 12.8. The number of rotatable bonds is 4. The van der Waals surface area contributed by atoms with Crippen LogP contribution in [0.15, 0.2) is 42.1 Å². The number of amides is 1. The van der Waals surface area contributed by atoms with Crippen LogP contribution in [0.2, 0.25) is 5.02 Å². The number of nitrogens with one attached hydrogen (secondary N) is 1. The van der Waals surface area contributed by atoms with Gasteiger partial charge in [0.15, 0.2) is 16.6 Å². The lowest BCUT2D eigenvalue weighted by molar-refractivity contribution is -0.113. The van der Waals surface area contributed by atoms with E-state index in [2.05, 4.69) is 5.32 Å². The summed E-state index contributed by atoms with van der Waals surface area (Å²) in [6, 6.07) is 10.3. The summed E-state index contributed by atoms with van der Waals surface area (Å²) in [6.45, 7) is 4.12. The number of phenolic OH excluding ortho intramolecular Hbond substituents is 1. The van der Waals surface area contributed by atoms with E-state index in [-0.39, 0.29) is 22.5 Å². The summed E-state index contributed by atoms with van der Waals surface area (Å²) in [6.07, 6.45) is 1.55. The average molecular weight is 389 g/mol. The minimum absolute atomic E-state index is 0.0245. The summed E-state index contributed by atoms with van der Waals surface area (Å²) < 4.78 is 5.37. The maximum Gasteiger partial charge on any atom is 0.281 e. The number of hydrogen-bond donors (Lipinski definition) is 2. The van der Waals surface area contributed by atoms with Crippen LogP contribution in [0.4, 0.5) is 5.69 Å². The normalized spacial score (nSPS) is 15.5. The Bertz CT molecular complexity index is 927. The quantitative estimate of drug-likeness (QED) is 0.612. The largest absolute Gasteiger partial charge is 0.504 e. The minimum Gasteiger partial charge on any atom is -0.504 e. The van der Waals surface area contributed by atoms with Crippen LogP contribution in [0, 0.1) is 6.92 Å². The Labute approximate surface area is 161 Å². The Morgan fingerprint density at radius 3 is 2.81 bits per heavy atom. The number of thiocarbonyl (C=S) groups is 1. The number of nitrogens with zero attached hydrogens (tertiary/aromatic N) is 1. The molecule has 2 aromatic rings. The highest BCUT2D eigenvalue weighted by molar-refractivity contribution is 7.80. The van der Waals surface area contributed by atoms with E-state index in [0.29, 0.717) is 28.6 Å². The molecule has 0 aromatic heterocycles. The zero-order valence-electron chi connectivity index (χ0n) is 14.2. The lowest BCUT2D eigenvalue weighted by Crippen LogP contribution is -2.30. The van der Waals surface area contributed by atoms with Crippen molar-refractivity contribution in [1.82, 2.24) is 5.32 Å². The summed E-state index contributed by atoms with van der Waals surface area (Å²) in [7, 11) is 0. The van der Waals surface area contributed by atoms with Crippen molar-refractivity contribution in [3.63, 3.8) is 0 Å². The first kappa shape index (κ1) is 18.2. The Hall–Kier alpha value is -2.57. The van der Waals surface area contributed by atoms with Crippen molar-refractivity contribution in [3.05, 3.63) is 58.2 Å². The van der Waals surface area contributed by atoms with E-state index in [4.69, 9.17) is 28.6 Å². The summed E-state index contributed by atoms with van der Waals surface area (Å²) in [5.74, 6) is 0.0328. The predicted molar refractivity (Wildman–Crippen MR) is 107 cm³/mol. The molecule has 5 nitrogen and oxygen atoms in total. The molecule has 0 aliphatic carbocycles. The number of carbonyl (C=O) groups excluding carboxylic acids is 1. The molecule has 0 spiro atoms. The van der Waals surface area contributed by atoms with Gasteiger partial charge in [0.25, 0.3) is 5.91 Å². The third kappa shape index (κ3) is 3.38. The topological polar surface area (TPSA) is 61.8 Å². The van der Waals surface area contributed by atoms with Gasteiger partial charge in [-0.05, 0) is 62.0 Å². The van der Waals surface area contributed by atoms with Crippen molar-refractivity contribution in [3.8, 4) is 11.5 Å². The number of halogens is 1. The van der Waals surface area contributed by atoms with Crippen molar-refractivity contribution in [1.29, 1.82) is 0 Å². The molecule has 0 bridgehead atoms. The fourth-order valence-corrected chi connectivity index (χ4v) is 3.22. The van der Waals surface area contributed by atoms with Gasteiger partial charge in [-0.15, -0.1) is 0 Å². The highest BCUT2D eigenvalue weighted by Crippen LogP contribution is 2.33. The molecular formula is C19H17ClN2O3S. The van der Waals surface area contributed by atoms with Gasteiger partial charge in [-0.1, -0.05) is 23.7 Å². The first-order valence-electron chi connectivity index (χ1n) is 8.00. The molecule has 1 aliphatic heterocycles. The summed E-state index contributed by atoms with van der Waals surface area (Å²) in [5.41, 5.74) is 2.22. The van der Waals surface area contributed by atoms with E-state index in [1.165, 1.54) is 4.90 Å². The van der Waals surface area contributed by atoms with Crippen LogP contribution >= 0.6 is 23.8 Å². The lowest BCUT2D eigenvalue weighted by Gasteiger charge is -2.16. The number of anilines is 1. The number of hydrogen-bond acceptors (Lipinski definition) is 4. The smallest absolute Gasteiger partial charge is 0.281 e. The van der Waals surface area contributed by atoms with Crippen LogP contribution in [0.25, 0.3) is 6.08 Å². The number of aryl methyl sites for hydroxylation is 1. The number of carbonyl (C=O) groups is 1. The summed E-state index contributed by atoms with van der Waals surface area (Å²) in [5, 5.41) is 14.1. The first-order valence-corrected chi connectivity index (χ1v) is 8.79. The second-order valence-corrected chi connectivity index (χ2v) is 6.51. The Morgan fingerprint density at radius 1 is 1.35 bits per heavy atom. The third-order valence-electron chi connectivity index (χ3n) is 3.91. The number of ether oxygens (including phenoxy) is 1. The Kier molecular flexibility index (Phi) is 5.15. The lowest BCUT2D eigenvalue weighted by atomic mass is 10.1. The molecule has 0 atom stereocenters. The van der Waals surface area contributed by atoms with Crippen LogP contribution in [0.3, 0.4) is 0 Å². The monoisotopic (exact) mass is 388 g/mol. The van der Waals surface area contributed by atoms with Gasteiger partial charge < -0.3 is 15.2 Å². The zero-order chi connectivity index (χ0) is 18.8. The molecule has 7 heteroatoms. The second kappa shape index (κ2) is 7.35. The molecule has 0 unspecified atom stereocenters. The molecular weight excluding hydrogens is 372 g/mol. The van der Waals surface area contributed by atoms with Gasteiger partial charge >= 0.3 is 0 Å². The van der Waals surface area contributed by atoms with Gasteiger partial charge in [0.2, 0.25) is 0 Å². The molecule has 0 radical (unpaired) electrons.